The molecule has 0 unspecified atom stereocenters. The van der Waals surface area contributed by atoms with Crippen LogP contribution in [0.4, 0.5) is 0 Å². The minimum Gasteiger partial charge on any atom is -0.308 e. The van der Waals surface area contributed by atoms with Crippen molar-refractivity contribution in [2.75, 3.05) is 27.2 Å². The molecule has 163 valence electrons. The molecule has 0 amide bonds. The molecule has 0 aliphatic heterocycles. The Hall–Kier alpha value is -1.64. The van der Waals surface area contributed by atoms with Gasteiger partial charge in [0.15, 0.2) is 0 Å². The summed E-state index contributed by atoms with van der Waals surface area (Å²) < 4.78 is 34.0. The van der Waals surface area contributed by atoms with Gasteiger partial charge >= 0.3 is 17.1 Å². The van der Waals surface area contributed by atoms with Crippen molar-refractivity contribution in [1.82, 2.24) is 19.8 Å². The number of pyridine rings is 2. The molecule has 0 saturated heterocycles. The van der Waals surface area contributed by atoms with Gasteiger partial charge < -0.3 is 4.90 Å². The summed E-state index contributed by atoms with van der Waals surface area (Å²) in [7, 11) is -0.751. The van der Waals surface area contributed by atoms with Crippen LogP contribution < -0.4 is 18.6 Å². The number of aromatic nitrogens is 2. The average molecular weight is 474 g/mol. The first-order chi connectivity index (χ1) is 13.2. The molecular weight excluding hydrogens is 449 g/mol. The summed E-state index contributed by atoms with van der Waals surface area (Å²) in [5, 5.41) is 7.32. The standard InChI is InChI=1S/C16H22N4.C2H3N.ClHO4.Cu/c1-19(2)11-12-20(13-15-7-3-5-9-17-15)14-16-8-4-6-10-18-16;1-2-3;2-1(3,4)5;/h3-10H,11-14H2,1-2H3;1H3;(H,2,3,4,5);/q;;;+2/p-1. The number of nitriles is 1. The fourth-order valence-corrected chi connectivity index (χ4v) is 2.00. The SMILES string of the molecule is CC#N.CN(C)CCN(Cc1ccccn1)Cc1ccccn1.[Cu+2].[O-][Cl+3]([O-])([O-])[O-]. The summed E-state index contributed by atoms with van der Waals surface area (Å²) in [5.74, 6) is 0. The van der Waals surface area contributed by atoms with Crippen LogP contribution in [0.5, 0.6) is 0 Å². The number of rotatable bonds is 7. The maximum absolute atomic E-state index is 8.49. The average Bonchev–Trinajstić information content (AvgIpc) is 2.61. The van der Waals surface area contributed by atoms with Crippen LogP contribution in [0.2, 0.25) is 0 Å². The van der Waals surface area contributed by atoms with Crippen LogP contribution in [0, 0.1) is 21.6 Å². The zero-order chi connectivity index (χ0) is 21.4. The van der Waals surface area contributed by atoms with E-state index < -0.39 is 10.2 Å². The molecular formula is C18H25ClCuN5O4+. The maximum atomic E-state index is 8.49. The van der Waals surface area contributed by atoms with E-state index in [0.29, 0.717) is 0 Å². The number of nitrogens with zero attached hydrogens (tertiary/aromatic N) is 5. The van der Waals surface area contributed by atoms with Crippen LogP contribution in [-0.4, -0.2) is 47.0 Å². The molecule has 2 aromatic heterocycles. The fourth-order valence-electron chi connectivity index (χ4n) is 2.00. The van der Waals surface area contributed by atoms with Gasteiger partial charge in [0.05, 0.1) is 17.5 Å². The number of hydrogen-bond acceptors (Lipinski definition) is 9. The first-order valence-electron chi connectivity index (χ1n) is 8.25. The molecule has 1 radical (unpaired) electrons. The van der Waals surface area contributed by atoms with Crippen molar-refractivity contribution in [3.8, 4) is 6.07 Å². The Labute approximate surface area is 184 Å². The van der Waals surface area contributed by atoms with Crippen molar-refractivity contribution in [3.05, 3.63) is 60.2 Å². The van der Waals surface area contributed by atoms with Gasteiger partial charge in [-0.15, -0.1) is 10.2 Å². The Bertz CT molecular complexity index is 622. The second-order valence-corrected chi connectivity index (χ2v) is 6.51. The molecule has 29 heavy (non-hydrogen) atoms. The second kappa shape index (κ2) is 17.2. The Kier molecular flexibility index (Phi) is 17.6. The van der Waals surface area contributed by atoms with E-state index in [-0.39, 0.29) is 17.1 Å². The normalized spacial score (nSPS) is 10.1. The van der Waals surface area contributed by atoms with Gasteiger partial charge in [-0.05, 0) is 38.4 Å². The number of likely N-dealkylation sites (N-methyl/N-ethyl adjacent to an activating group) is 1. The van der Waals surface area contributed by atoms with E-state index in [0.717, 1.165) is 37.6 Å². The molecule has 2 rings (SSSR count). The van der Waals surface area contributed by atoms with Gasteiger partial charge in [-0.1, -0.05) is 12.1 Å². The van der Waals surface area contributed by atoms with E-state index in [1.54, 1.807) is 6.07 Å². The molecule has 2 aromatic rings. The predicted octanol–water partition coefficient (Wildman–Crippen LogP) is -2.19. The molecule has 2 heterocycles. The third-order valence-corrected chi connectivity index (χ3v) is 3.09. The molecule has 0 atom stereocenters. The van der Waals surface area contributed by atoms with Gasteiger partial charge in [-0.2, -0.15) is 5.26 Å². The van der Waals surface area contributed by atoms with Crippen LogP contribution in [-0.2, 0) is 30.2 Å². The van der Waals surface area contributed by atoms with Crippen molar-refractivity contribution in [2.45, 2.75) is 20.0 Å². The molecule has 0 N–H and O–H groups in total. The number of hydrogen-bond donors (Lipinski definition) is 0. The smallest absolute Gasteiger partial charge is 0.308 e. The fraction of sp³-hybridized carbons (Fsp3) is 0.389. The molecule has 0 spiro atoms. The Morgan fingerprint density at radius 2 is 1.28 bits per heavy atom. The van der Waals surface area contributed by atoms with Crippen molar-refractivity contribution < 1.29 is 45.9 Å². The van der Waals surface area contributed by atoms with E-state index in [1.807, 2.05) is 36.7 Å². The maximum Gasteiger partial charge on any atom is 2.00 e. The molecule has 9 nitrogen and oxygen atoms in total. The zero-order valence-electron chi connectivity index (χ0n) is 16.5. The van der Waals surface area contributed by atoms with Crippen LogP contribution in [0.3, 0.4) is 0 Å². The van der Waals surface area contributed by atoms with E-state index in [2.05, 4.69) is 46.0 Å². The van der Waals surface area contributed by atoms with Gasteiger partial charge in [-0.25, -0.2) is 18.6 Å². The van der Waals surface area contributed by atoms with Gasteiger partial charge in [-0.3, -0.25) is 14.9 Å². The van der Waals surface area contributed by atoms with Crippen molar-refractivity contribution in [1.29, 1.82) is 5.26 Å². The monoisotopic (exact) mass is 473 g/mol. The first kappa shape index (κ1) is 29.6. The van der Waals surface area contributed by atoms with Gasteiger partial charge in [0.2, 0.25) is 0 Å². The van der Waals surface area contributed by atoms with Crippen LogP contribution in [0.15, 0.2) is 48.8 Å². The topological polar surface area (TPSA) is 148 Å². The van der Waals surface area contributed by atoms with Crippen LogP contribution >= 0.6 is 0 Å². The van der Waals surface area contributed by atoms with E-state index in [9.17, 15) is 0 Å². The summed E-state index contributed by atoms with van der Waals surface area (Å²) in [4.78, 5) is 13.4. The molecule has 0 saturated carbocycles. The van der Waals surface area contributed by atoms with E-state index >= 15 is 0 Å². The third-order valence-electron chi connectivity index (χ3n) is 3.09. The van der Waals surface area contributed by atoms with Gasteiger partial charge in [0, 0.05) is 45.5 Å². The summed E-state index contributed by atoms with van der Waals surface area (Å²) in [6, 6.07) is 13.9. The Morgan fingerprint density at radius 3 is 1.55 bits per heavy atom. The van der Waals surface area contributed by atoms with Crippen LogP contribution in [0.25, 0.3) is 0 Å². The van der Waals surface area contributed by atoms with Crippen LogP contribution in [0.1, 0.15) is 18.3 Å². The molecule has 0 aliphatic carbocycles. The number of halogens is 1. The summed E-state index contributed by atoms with van der Waals surface area (Å²) >= 11 is 0. The van der Waals surface area contributed by atoms with E-state index in [4.69, 9.17) is 23.9 Å². The largest absolute Gasteiger partial charge is 2.00 e. The quantitative estimate of drug-likeness (QED) is 0.408. The summed E-state index contributed by atoms with van der Waals surface area (Å²) in [5.41, 5.74) is 2.20. The molecule has 0 aliphatic rings. The minimum absolute atomic E-state index is 0. The van der Waals surface area contributed by atoms with Gasteiger partial charge in [0.1, 0.15) is 0 Å². The van der Waals surface area contributed by atoms with Crippen molar-refractivity contribution in [3.63, 3.8) is 0 Å². The van der Waals surface area contributed by atoms with E-state index in [1.165, 1.54) is 6.92 Å². The van der Waals surface area contributed by atoms with Crippen molar-refractivity contribution >= 4 is 0 Å². The summed E-state index contributed by atoms with van der Waals surface area (Å²) in [6.45, 7) is 5.16. The predicted molar refractivity (Wildman–Crippen MR) is 92.4 cm³/mol. The summed E-state index contributed by atoms with van der Waals surface area (Å²) in [6.07, 6.45) is 3.69. The zero-order valence-corrected chi connectivity index (χ0v) is 18.2. The Morgan fingerprint density at radius 1 is 0.897 bits per heavy atom. The Balaban J connectivity index is 0. The first-order valence-corrected chi connectivity index (χ1v) is 9.48. The van der Waals surface area contributed by atoms with Crippen molar-refractivity contribution in [2.24, 2.45) is 0 Å². The minimum atomic E-state index is -4.94. The second-order valence-electron chi connectivity index (χ2n) is 5.76. The molecule has 11 heteroatoms. The molecule has 0 bridgehead atoms. The third kappa shape index (κ3) is 20.9. The molecule has 0 fully saturated rings. The molecule has 0 aromatic carbocycles. The van der Waals surface area contributed by atoms with Gasteiger partial charge in [0.25, 0.3) is 0 Å².